The highest BCUT2D eigenvalue weighted by Gasteiger charge is 1.98. The zero-order chi connectivity index (χ0) is 13.8. The highest BCUT2D eigenvalue weighted by molar-refractivity contribution is 9.10. The summed E-state index contributed by atoms with van der Waals surface area (Å²) in [5, 5.41) is 3.39. The number of benzene rings is 3. The third kappa shape index (κ3) is 3.09. The summed E-state index contributed by atoms with van der Waals surface area (Å²) in [5.74, 6) is 0. The van der Waals surface area contributed by atoms with Crippen molar-refractivity contribution in [2.24, 2.45) is 0 Å². The quantitative estimate of drug-likeness (QED) is 0.636. The van der Waals surface area contributed by atoms with Gasteiger partial charge in [-0.3, -0.25) is 0 Å². The molecule has 0 bridgehead atoms. The number of anilines is 2. The fraction of sp³-hybridized carbons (Fsp3) is 0. The Labute approximate surface area is 127 Å². The van der Waals surface area contributed by atoms with Gasteiger partial charge >= 0.3 is 0 Å². The molecule has 1 N–H and O–H groups in total. The third-order valence-electron chi connectivity index (χ3n) is 3.11. The van der Waals surface area contributed by atoms with Crippen LogP contribution < -0.4 is 5.32 Å². The molecule has 0 amide bonds. The fourth-order valence-corrected chi connectivity index (χ4v) is 2.51. The largest absolute Gasteiger partial charge is 0.355 e. The Hall–Kier alpha value is -2.06. The molecule has 0 heterocycles. The second kappa shape index (κ2) is 5.93. The molecule has 3 aromatic rings. The fourth-order valence-electron chi connectivity index (χ4n) is 2.11. The van der Waals surface area contributed by atoms with E-state index in [1.54, 1.807) is 0 Å². The molecular formula is C18H14BrN. The van der Waals surface area contributed by atoms with Crippen LogP contribution in [0, 0.1) is 0 Å². The highest BCUT2D eigenvalue weighted by Crippen LogP contribution is 2.24. The van der Waals surface area contributed by atoms with E-state index in [0.29, 0.717) is 0 Å². The van der Waals surface area contributed by atoms with Crippen LogP contribution in [0.1, 0.15) is 0 Å². The van der Waals surface area contributed by atoms with Crippen LogP contribution in [0.15, 0.2) is 83.3 Å². The minimum atomic E-state index is 1.07. The van der Waals surface area contributed by atoms with Crippen LogP contribution in [0.5, 0.6) is 0 Å². The molecule has 1 nitrogen and oxygen atoms in total. The van der Waals surface area contributed by atoms with Crippen LogP contribution in [0.4, 0.5) is 11.4 Å². The van der Waals surface area contributed by atoms with Crippen LogP contribution >= 0.6 is 15.9 Å². The van der Waals surface area contributed by atoms with Crippen LogP contribution in [-0.4, -0.2) is 0 Å². The van der Waals surface area contributed by atoms with Gasteiger partial charge in [0.15, 0.2) is 0 Å². The molecule has 2 heteroatoms. The van der Waals surface area contributed by atoms with E-state index in [2.05, 4.69) is 81.9 Å². The first-order chi connectivity index (χ1) is 9.81. The Balaban J connectivity index is 1.80. The molecule has 98 valence electrons. The Morgan fingerprint density at radius 2 is 1.30 bits per heavy atom. The van der Waals surface area contributed by atoms with Crippen molar-refractivity contribution in [3.63, 3.8) is 0 Å². The zero-order valence-corrected chi connectivity index (χ0v) is 12.5. The van der Waals surface area contributed by atoms with E-state index >= 15 is 0 Å². The average molecular weight is 324 g/mol. The lowest BCUT2D eigenvalue weighted by Crippen LogP contribution is -1.89. The van der Waals surface area contributed by atoms with Gasteiger partial charge in [0, 0.05) is 15.8 Å². The molecule has 0 aliphatic heterocycles. The molecule has 0 aromatic heterocycles. The van der Waals surface area contributed by atoms with E-state index in [0.717, 1.165) is 15.8 Å². The maximum absolute atomic E-state index is 3.48. The molecule has 0 saturated heterocycles. The lowest BCUT2D eigenvalue weighted by Gasteiger charge is -2.08. The standard InChI is InChI=1S/C18H14BrN/c19-16-7-4-8-18(13-16)20-17-11-9-15(10-12-17)14-5-2-1-3-6-14/h1-13,20H. The summed E-state index contributed by atoms with van der Waals surface area (Å²) in [6, 6.07) is 27.0. The summed E-state index contributed by atoms with van der Waals surface area (Å²) < 4.78 is 1.07. The topological polar surface area (TPSA) is 12.0 Å². The predicted molar refractivity (Wildman–Crippen MR) is 89.3 cm³/mol. The first kappa shape index (κ1) is 12.9. The Bertz CT molecular complexity index is 690. The molecular weight excluding hydrogens is 310 g/mol. The summed E-state index contributed by atoms with van der Waals surface area (Å²) in [6.45, 7) is 0. The summed E-state index contributed by atoms with van der Waals surface area (Å²) in [7, 11) is 0. The van der Waals surface area contributed by atoms with Gasteiger partial charge < -0.3 is 5.32 Å². The summed E-state index contributed by atoms with van der Waals surface area (Å²) in [5.41, 5.74) is 4.63. The van der Waals surface area contributed by atoms with E-state index in [4.69, 9.17) is 0 Å². The number of nitrogens with one attached hydrogen (secondary N) is 1. The molecule has 0 aliphatic carbocycles. The van der Waals surface area contributed by atoms with Crippen molar-refractivity contribution in [1.82, 2.24) is 0 Å². The SMILES string of the molecule is Brc1cccc(Nc2ccc(-c3ccccc3)cc2)c1. The van der Waals surface area contributed by atoms with Crippen molar-refractivity contribution in [2.75, 3.05) is 5.32 Å². The van der Waals surface area contributed by atoms with E-state index < -0.39 is 0 Å². The third-order valence-corrected chi connectivity index (χ3v) is 3.60. The van der Waals surface area contributed by atoms with Gasteiger partial charge in [-0.15, -0.1) is 0 Å². The molecule has 0 spiro atoms. The van der Waals surface area contributed by atoms with E-state index in [-0.39, 0.29) is 0 Å². The van der Waals surface area contributed by atoms with Crippen molar-refractivity contribution in [2.45, 2.75) is 0 Å². The van der Waals surface area contributed by atoms with Gasteiger partial charge in [0.2, 0.25) is 0 Å². The van der Waals surface area contributed by atoms with Gasteiger partial charge in [-0.25, -0.2) is 0 Å². The van der Waals surface area contributed by atoms with E-state index in [9.17, 15) is 0 Å². The number of hydrogen-bond acceptors (Lipinski definition) is 1. The minimum Gasteiger partial charge on any atom is -0.355 e. The van der Waals surface area contributed by atoms with Crippen molar-refractivity contribution >= 4 is 27.3 Å². The maximum Gasteiger partial charge on any atom is 0.0395 e. The predicted octanol–water partition coefficient (Wildman–Crippen LogP) is 5.86. The minimum absolute atomic E-state index is 1.07. The van der Waals surface area contributed by atoms with E-state index in [1.807, 2.05) is 18.2 Å². The van der Waals surface area contributed by atoms with Crippen molar-refractivity contribution < 1.29 is 0 Å². The summed E-state index contributed by atoms with van der Waals surface area (Å²) in [4.78, 5) is 0. The summed E-state index contributed by atoms with van der Waals surface area (Å²) >= 11 is 3.48. The van der Waals surface area contributed by atoms with Crippen molar-refractivity contribution in [1.29, 1.82) is 0 Å². The van der Waals surface area contributed by atoms with Gasteiger partial charge in [-0.1, -0.05) is 64.5 Å². The molecule has 0 radical (unpaired) electrons. The van der Waals surface area contributed by atoms with E-state index in [1.165, 1.54) is 11.1 Å². The normalized spacial score (nSPS) is 10.2. The zero-order valence-electron chi connectivity index (χ0n) is 10.9. The highest BCUT2D eigenvalue weighted by atomic mass is 79.9. The smallest absolute Gasteiger partial charge is 0.0395 e. The van der Waals surface area contributed by atoms with Crippen LogP contribution in [0.2, 0.25) is 0 Å². The average Bonchev–Trinajstić information content (AvgIpc) is 2.49. The number of halogens is 1. The molecule has 0 fully saturated rings. The maximum atomic E-state index is 3.48. The Kier molecular flexibility index (Phi) is 3.84. The van der Waals surface area contributed by atoms with Crippen LogP contribution in [0.25, 0.3) is 11.1 Å². The molecule has 0 aliphatic rings. The first-order valence-corrected chi connectivity index (χ1v) is 7.29. The summed E-state index contributed by atoms with van der Waals surface area (Å²) in [6.07, 6.45) is 0. The van der Waals surface area contributed by atoms with Gasteiger partial charge in [-0.05, 0) is 41.5 Å². The van der Waals surface area contributed by atoms with Crippen LogP contribution in [0.3, 0.4) is 0 Å². The van der Waals surface area contributed by atoms with Gasteiger partial charge in [0.25, 0.3) is 0 Å². The molecule has 0 unspecified atom stereocenters. The van der Waals surface area contributed by atoms with Crippen LogP contribution in [-0.2, 0) is 0 Å². The van der Waals surface area contributed by atoms with Gasteiger partial charge in [0.05, 0.1) is 0 Å². The Morgan fingerprint density at radius 1 is 0.600 bits per heavy atom. The first-order valence-electron chi connectivity index (χ1n) is 6.49. The molecule has 20 heavy (non-hydrogen) atoms. The molecule has 0 atom stereocenters. The van der Waals surface area contributed by atoms with Crippen molar-refractivity contribution in [3.8, 4) is 11.1 Å². The molecule has 3 rings (SSSR count). The Morgan fingerprint density at radius 3 is 2.00 bits per heavy atom. The van der Waals surface area contributed by atoms with Crippen molar-refractivity contribution in [3.05, 3.63) is 83.3 Å². The number of hydrogen-bond donors (Lipinski definition) is 1. The second-order valence-corrected chi connectivity index (χ2v) is 5.49. The second-order valence-electron chi connectivity index (χ2n) is 4.58. The monoisotopic (exact) mass is 323 g/mol. The van der Waals surface area contributed by atoms with Gasteiger partial charge in [0.1, 0.15) is 0 Å². The molecule has 0 saturated carbocycles. The van der Waals surface area contributed by atoms with Gasteiger partial charge in [-0.2, -0.15) is 0 Å². The lowest BCUT2D eigenvalue weighted by molar-refractivity contribution is 1.53. The number of rotatable bonds is 3. The molecule has 3 aromatic carbocycles. The lowest BCUT2D eigenvalue weighted by atomic mass is 10.1.